The Kier molecular flexibility index (Phi) is 8.46. The zero-order valence-electron chi connectivity index (χ0n) is 17.3. The molecule has 0 aliphatic carbocycles. The summed E-state index contributed by atoms with van der Waals surface area (Å²) in [5, 5.41) is 9.66. The first-order valence-electron chi connectivity index (χ1n) is 9.32. The predicted molar refractivity (Wildman–Crippen MR) is 113 cm³/mol. The summed E-state index contributed by atoms with van der Waals surface area (Å²) in [5.74, 6) is -1.25. The van der Waals surface area contributed by atoms with Gasteiger partial charge in [0.25, 0.3) is 0 Å². The molecule has 0 aliphatic rings. The molecule has 0 fully saturated rings. The van der Waals surface area contributed by atoms with Gasteiger partial charge in [0.1, 0.15) is 0 Å². The molecule has 178 valence electrons. The van der Waals surface area contributed by atoms with Crippen LogP contribution in [0.5, 0.6) is 0 Å². The number of carbonyl (C=O) groups is 2. The Labute approximate surface area is 195 Å². The number of carboxylic acid groups (broad SMARTS) is 1. The van der Waals surface area contributed by atoms with Crippen molar-refractivity contribution in [1.29, 1.82) is 0 Å². The monoisotopic (exact) mass is 554 g/mol. The summed E-state index contributed by atoms with van der Waals surface area (Å²) < 4.78 is 77.6. The van der Waals surface area contributed by atoms with Crippen molar-refractivity contribution in [3.63, 3.8) is 0 Å². The number of hydrogen-bond donors (Lipinski definition) is 1. The summed E-state index contributed by atoms with van der Waals surface area (Å²) >= 11 is 2.95. The number of benzene rings is 2. The number of carbonyl (C=O) groups excluding carboxylic acids is 1. The van der Waals surface area contributed by atoms with Gasteiger partial charge in [-0.1, -0.05) is 0 Å². The summed E-state index contributed by atoms with van der Waals surface area (Å²) in [6.07, 6.45) is -8.64. The van der Waals surface area contributed by atoms with Crippen LogP contribution in [0.3, 0.4) is 0 Å². The number of hydrogen-bond acceptors (Lipinski definition) is 2. The molecular formula is C22H18AsClF6O3. The Bertz CT molecular complexity index is 1030. The van der Waals surface area contributed by atoms with Gasteiger partial charge in [-0.25, -0.2) is 0 Å². The van der Waals surface area contributed by atoms with Crippen LogP contribution in [0.1, 0.15) is 34.0 Å². The van der Waals surface area contributed by atoms with Gasteiger partial charge in [-0.05, 0) is 0 Å². The molecule has 0 heterocycles. The average molecular weight is 555 g/mol. The predicted octanol–water partition coefficient (Wildman–Crippen LogP) is 6.87. The van der Waals surface area contributed by atoms with Gasteiger partial charge in [0.05, 0.1) is 0 Å². The van der Waals surface area contributed by atoms with E-state index in [0.29, 0.717) is 22.7 Å². The maximum absolute atomic E-state index is 13.2. The van der Waals surface area contributed by atoms with E-state index in [1.807, 2.05) is 0 Å². The van der Waals surface area contributed by atoms with E-state index in [1.165, 1.54) is 18.7 Å². The number of allylic oxidation sites excluding steroid dienone is 1. The first kappa shape index (κ1) is 27.0. The van der Waals surface area contributed by atoms with Gasteiger partial charge in [-0.2, -0.15) is 0 Å². The number of halogens is 7. The van der Waals surface area contributed by atoms with Gasteiger partial charge < -0.3 is 0 Å². The molecular weight excluding hydrogens is 537 g/mol. The second-order valence-electron chi connectivity index (χ2n) is 7.26. The summed E-state index contributed by atoms with van der Waals surface area (Å²) in [5.41, 5.74) is -1.75. The van der Waals surface area contributed by atoms with Crippen LogP contribution in [0.25, 0.3) is 0 Å². The summed E-state index contributed by atoms with van der Waals surface area (Å²) in [6, 6.07) is 7.25. The third-order valence-corrected chi connectivity index (χ3v) is 9.71. The van der Waals surface area contributed by atoms with E-state index < -0.39 is 58.9 Å². The van der Waals surface area contributed by atoms with Crippen molar-refractivity contribution in [3.05, 3.63) is 81.4 Å². The molecule has 2 rings (SSSR count). The van der Waals surface area contributed by atoms with Crippen LogP contribution >= 0.6 is 11.6 Å². The first-order chi connectivity index (χ1) is 15.1. The Morgan fingerprint density at radius 2 is 1.48 bits per heavy atom. The molecule has 0 saturated carbocycles. The van der Waals surface area contributed by atoms with Crippen molar-refractivity contribution in [3.8, 4) is 0 Å². The van der Waals surface area contributed by atoms with Crippen molar-refractivity contribution in [2.45, 2.75) is 36.1 Å². The number of carboxylic acids is 1. The molecule has 2 aromatic rings. The molecule has 0 radical (unpaired) electrons. The molecule has 11 heteroatoms. The Balaban J connectivity index is 2.52. The average Bonchev–Trinajstić information content (AvgIpc) is 2.72. The number of alkyl halides is 6. The van der Waals surface area contributed by atoms with Crippen molar-refractivity contribution >= 4 is 36.8 Å². The van der Waals surface area contributed by atoms with Gasteiger partial charge in [-0.3, -0.25) is 0 Å². The van der Waals surface area contributed by atoms with Crippen molar-refractivity contribution in [2.75, 3.05) is 0 Å². The van der Waals surface area contributed by atoms with Gasteiger partial charge in [0.2, 0.25) is 0 Å². The van der Waals surface area contributed by atoms with E-state index in [-0.39, 0.29) is 18.1 Å². The zero-order chi connectivity index (χ0) is 25.1. The zero-order valence-corrected chi connectivity index (χ0v) is 19.9. The topological polar surface area (TPSA) is 54.4 Å². The van der Waals surface area contributed by atoms with E-state index in [2.05, 4.69) is 0 Å². The van der Waals surface area contributed by atoms with Crippen LogP contribution in [0.4, 0.5) is 26.3 Å². The molecule has 0 saturated heterocycles. The third kappa shape index (κ3) is 7.37. The Morgan fingerprint density at radius 1 is 1.00 bits per heavy atom. The Hall–Kier alpha value is -2.25. The first-order valence-corrected chi connectivity index (χ1v) is 13.6. The van der Waals surface area contributed by atoms with Gasteiger partial charge >= 0.3 is 195 Å². The van der Waals surface area contributed by atoms with Crippen molar-refractivity contribution < 1.29 is 41.0 Å². The quantitative estimate of drug-likeness (QED) is 0.231. The molecule has 3 nitrogen and oxygen atoms in total. The molecule has 0 spiro atoms. The normalized spacial score (nSPS) is 14.6. The van der Waals surface area contributed by atoms with E-state index >= 15 is 0 Å². The Morgan fingerprint density at radius 3 is 1.91 bits per heavy atom. The van der Waals surface area contributed by atoms with Gasteiger partial charge in [-0.15, -0.1) is 0 Å². The number of aliphatic carboxylic acids is 1. The standard InChI is InChI=1S/C22H18AsClF6O3/c1-12(20(32)33)7-17(8-13-3-5-18(24)6-4-13)23(2)19(31)14-9-15(21(25,26)27)11-16(10-14)22(28,29)30/h3-7,9-11,17H,8H2,1-2H3,(H,32,33)/t17-,23?/m0/s1. The molecule has 1 N–H and O–H groups in total. The number of rotatable bonds is 7. The fraction of sp³-hybridized carbons (Fsp3) is 0.273. The van der Waals surface area contributed by atoms with Crippen LogP contribution < -0.4 is 0 Å². The van der Waals surface area contributed by atoms with Crippen molar-refractivity contribution in [1.82, 2.24) is 0 Å². The molecule has 0 bridgehead atoms. The molecule has 0 aromatic heterocycles. The van der Waals surface area contributed by atoms with E-state index in [1.54, 1.807) is 24.3 Å². The summed E-state index contributed by atoms with van der Waals surface area (Å²) in [4.78, 5) is 24.4. The molecule has 0 aliphatic heterocycles. The SMILES string of the molecule is CC(=C[C@@H](Cc1ccc(Cl)cc1)[As](C)C(=O)c1cc(C(F)(F)F)cc(C(F)(F)F)c1)C(=O)O. The second kappa shape index (κ2) is 10.3. The fourth-order valence-electron chi connectivity index (χ4n) is 2.96. The maximum atomic E-state index is 13.2. The van der Waals surface area contributed by atoms with E-state index in [4.69, 9.17) is 11.6 Å². The molecule has 33 heavy (non-hydrogen) atoms. The summed E-state index contributed by atoms with van der Waals surface area (Å²) in [6.45, 7) is 1.30. The van der Waals surface area contributed by atoms with Crippen LogP contribution in [-0.4, -0.2) is 30.3 Å². The van der Waals surface area contributed by atoms with Crippen LogP contribution in [0, 0.1) is 0 Å². The molecule has 2 atom stereocenters. The second-order valence-corrected chi connectivity index (χ2v) is 12.5. The minimum atomic E-state index is -5.08. The van der Waals surface area contributed by atoms with Gasteiger partial charge in [0.15, 0.2) is 0 Å². The van der Waals surface area contributed by atoms with Crippen molar-refractivity contribution in [2.24, 2.45) is 0 Å². The fourth-order valence-corrected chi connectivity index (χ4v) is 6.80. The minimum absolute atomic E-state index is 0.0382. The molecule has 0 amide bonds. The van der Waals surface area contributed by atoms with Crippen LogP contribution in [-0.2, 0) is 23.6 Å². The molecule has 1 unspecified atom stereocenters. The summed E-state index contributed by atoms with van der Waals surface area (Å²) in [7, 11) is 0. The molecule has 2 aromatic carbocycles. The van der Waals surface area contributed by atoms with Crippen LogP contribution in [0.15, 0.2) is 54.1 Å². The van der Waals surface area contributed by atoms with E-state index in [0.717, 1.165) is 0 Å². The van der Waals surface area contributed by atoms with Gasteiger partial charge in [0, 0.05) is 0 Å². The van der Waals surface area contributed by atoms with Crippen LogP contribution in [0.2, 0.25) is 15.4 Å². The third-order valence-electron chi connectivity index (χ3n) is 4.79. The van der Waals surface area contributed by atoms with E-state index in [9.17, 15) is 41.0 Å².